The minimum absolute atomic E-state index is 0.107. The van der Waals surface area contributed by atoms with Crippen molar-refractivity contribution >= 4 is 21.6 Å². The number of benzene rings is 2. The normalized spacial score (nSPS) is 10.9. The lowest BCUT2D eigenvalue weighted by Gasteiger charge is -2.24. The summed E-state index contributed by atoms with van der Waals surface area (Å²) in [6, 6.07) is 18.1. The number of aromatic nitrogens is 1. The van der Waals surface area contributed by atoms with Crippen LogP contribution in [0.2, 0.25) is 0 Å². The number of methoxy groups -OCH3 is 1. The van der Waals surface area contributed by atoms with Crippen LogP contribution in [0.1, 0.15) is 5.56 Å². The van der Waals surface area contributed by atoms with Crippen LogP contribution in [0.5, 0.6) is 5.75 Å². The number of ether oxygens (including phenoxy) is 1. The van der Waals surface area contributed by atoms with Gasteiger partial charge in [-0.05, 0) is 48.0 Å². The number of anilines is 1. The molecule has 0 saturated heterocycles. The van der Waals surface area contributed by atoms with Crippen LogP contribution < -0.4 is 14.4 Å². The van der Waals surface area contributed by atoms with Crippen LogP contribution in [0.25, 0.3) is 0 Å². The van der Waals surface area contributed by atoms with Gasteiger partial charge in [0, 0.05) is 18.9 Å². The van der Waals surface area contributed by atoms with E-state index in [1.54, 1.807) is 60.9 Å². The lowest BCUT2D eigenvalue weighted by Crippen LogP contribution is -2.40. The standard InChI is InChI=1S/C21H21N3O4S/c1-28-19-11-9-18(10-12-19)24(29(26,27)20-7-3-2-4-8-20)16-21(25)23-15-17-6-5-13-22-14-17/h2-14H,15-16H2,1H3,(H,23,25). The van der Waals surface area contributed by atoms with Gasteiger partial charge in [-0.2, -0.15) is 0 Å². The predicted molar refractivity (Wildman–Crippen MR) is 110 cm³/mol. The fourth-order valence-electron chi connectivity index (χ4n) is 2.67. The maximum atomic E-state index is 13.2. The Kier molecular flexibility index (Phi) is 6.46. The minimum Gasteiger partial charge on any atom is -0.497 e. The smallest absolute Gasteiger partial charge is 0.264 e. The Labute approximate surface area is 170 Å². The van der Waals surface area contributed by atoms with Gasteiger partial charge in [0.15, 0.2) is 0 Å². The van der Waals surface area contributed by atoms with Crippen molar-refractivity contribution in [1.82, 2.24) is 10.3 Å². The zero-order valence-corrected chi connectivity index (χ0v) is 16.7. The molecule has 1 N–H and O–H groups in total. The summed E-state index contributed by atoms with van der Waals surface area (Å²) in [6.45, 7) is -0.0989. The van der Waals surface area contributed by atoms with E-state index >= 15 is 0 Å². The van der Waals surface area contributed by atoms with E-state index in [1.165, 1.54) is 19.2 Å². The Morgan fingerprint density at radius 3 is 2.38 bits per heavy atom. The molecule has 0 fully saturated rings. The maximum Gasteiger partial charge on any atom is 0.264 e. The molecular formula is C21H21N3O4S. The van der Waals surface area contributed by atoms with Gasteiger partial charge in [-0.15, -0.1) is 0 Å². The molecule has 1 heterocycles. The summed E-state index contributed by atoms with van der Waals surface area (Å²) in [4.78, 5) is 16.6. The van der Waals surface area contributed by atoms with E-state index in [9.17, 15) is 13.2 Å². The second-order valence-electron chi connectivity index (χ2n) is 6.16. The van der Waals surface area contributed by atoms with Crippen molar-refractivity contribution in [2.24, 2.45) is 0 Å². The van der Waals surface area contributed by atoms with Crippen molar-refractivity contribution in [2.75, 3.05) is 18.0 Å². The summed E-state index contributed by atoms with van der Waals surface area (Å²) in [5.74, 6) is 0.163. The number of carbonyl (C=O) groups is 1. The van der Waals surface area contributed by atoms with Crippen LogP contribution >= 0.6 is 0 Å². The molecule has 7 nitrogen and oxygen atoms in total. The SMILES string of the molecule is COc1ccc(N(CC(=O)NCc2cccnc2)S(=O)(=O)c2ccccc2)cc1. The monoisotopic (exact) mass is 411 g/mol. The quantitative estimate of drug-likeness (QED) is 0.616. The molecule has 150 valence electrons. The summed E-state index contributed by atoms with van der Waals surface area (Å²) >= 11 is 0. The molecule has 0 atom stereocenters. The number of nitrogens with zero attached hydrogens (tertiary/aromatic N) is 2. The first-order valence-corrected chi connectivity index (χ1v) is 10.3. The Balaban J connectivity index is 1.85. The highest BCUT2D eigenvalue weighted by Gasteiger charge is 2.27. The van der Waals surface area contributed by atoms with Gasteiger partial charge in [0.2, 0.25) is 5.91 Å². The highest BCUT2D eigenvalue weighted by Crippen LogP contribution is 2.25. The molecule has 0 spiro atoms. The molecule has 0 aliphatic heterocycles. The number of hydrogen-bond acceptors (Lipinski definition) is 5. The summed E-state index contributed by atoms with van der Waals surface area (Å²) in [5.41, 5.74) is 1.19. The third-order valence-electron chi connectivity index (χ3n) is 4.19. The molecule has 2 aromatic carbocycles. The van der Waals surface area contributed by atoms with Gasteiger partial charge in [-0.3, -0.25) is 14.1 Å². The van der Waals surface area contributed by atoms with E-state index in [0.717, 1.165) is 9.87 Å². The molecule has 0 radical (unpaired) electrons. The Bertz CT molecular complexity index is 1040. The van der Waals surface area contributed by atoms with Gasteiger partial charge in [-0.25, -0.2) is 8.42 Å². The second kappa shape index (κ2) is 9.20. The van der Waals surface area contributed by atoms with Crippen LogP contribution in [0.4, 0.5) is 5.69 Å². The molecule has 0 bridgehead atoms. The van der Waals surface area contributed by atoms with Crippen molar-refractivity contribution < 1.29 is 17.9 Å². The molecule has 1 amide bonds. The van der Waals surface area contributed by atoms with Crippen molar-refractivity contribution in [3.8, 4) is 5.75 Å². The fourth-order valence-corrected chi connectivity index (χ4v) is 4.11. The average molecular weight is 411 g/mol. The van der Waals surface area contributed by atoms with Crippen molar-refractivity contribution in [3.05, 3.63) is 84.7 Å². The molecule has 3 rings (SSSR count). The highest BCUT2D eigenvalue weighted by molar-refractivity contribution is 7.92. The number of amides is 1. The number of carbonyl (C=O) groups excluding carboxylic acids is 1. The van der Waals surface area contributed by atoms with Gasteiger partial charge in [0.25, 0.3) is 10.0 Å². The molecule has 8 heteroatoms. The largest absolute Gasteiger partial charge is 0.497 e. The Morgan fingerprint density at radius 1 is 1.03 bits per heavy atom. The van der Waals surface area contributed by atoms with E-state index in [1.807, 2.05) is 6.07 Å². The topological polar surface area (TPSA) is 88.6 Å². The zero-order valence-electron chi connectivity index (χ0n) is 15.9. The molecule has 1 aromatic heterocycles. The van der Waals surface area contributed by atoms with Crippen LogP contribution in [-0.4, -0.2) is 33.0 Å². The van der Waals surface area contributed by atoms with Crippen LogP contribution in [0.15, 0.2) is 84.0 Å². The number of pyridine rings is 1. The number of nitrogens with one attached hydrogen (secondary N) is 1. The molecule has 0 aliphatic carbocycles. The number of rotatable bonds is 8. The summed E-state index contributed by atoms with van der Waals surface area (Å²) in [5, 5.41) is 2.74. The van der Waals surface area contributed by atoms with Crippen LogP contribution in [0.3, 0.4) is 0 Å². The van der Waals surface area contributed by atoms with Gasteiger partial charge in [0.1, 0.15) is 12.3 Å². The van der Waals surface area contributed by atoms with Gasteiger partial charge < -0.3 is 10.1 Å². The molecule has 0 unspecified atom stereocenters. The highest BCUT2D eigenvalue weighted by atomic mass is 32.2. The lowest BCUT2D eigenvalue weighted by atomic mass is 10.3. The average Bonchev–Trinajstić information content (AvgIpc) is 2.77. The van der Waals surface area contributed by atoms with Crippen molar-refractivity contribution in [1.29, 1.82) is 0 Å². The van der Waals surface area contributed by atoms with E-state index in [2.05, 4.69) is 10.3 Å². The summed E-state index contributed by atoms with van der Waals surface area (Å²) in [7, 11) is -2.41. The number of sulfonamides is 1. The van der Waals surface area contributed by atoms with Crippen LogP contribution in [0, 0.1) is 0 Å². The first-order valence-electron chi connectivity index (χ1n) is 8.88. The van der Waals surface area contributed by atoms with E-state index in [0.29, 0.717) is 11.4 Å². The Hall–Kier alpha value is -3.39. The lowest BCUT2D eigenvalue weighted by molar-refractivity contribution is -0.119. The third kappa shape index (κ3) is 5.11. The summed E-state index contributed by atoms with van der Waals surface area (Å²) in [6.07, 6.45) is 3.28. The minimum atomic E-state index is -3.93. The first-order chi connectivity index (χ1) is 14.0. The maximum absolute atomic E-state index is 13.2. The third-order valence-corrected chi connectivity index (χ3v) is 5.98. The van der Waals surface area contributed by atoms with E-state index in [4.69, 9.17) is 4.74 Å². The zero-order chi connectivity index (χ0) is 20.7. The van der Waals surface area contributed by atoms with Crippen molar-refractivity contribution in [3.63, 3.8) is 0 Å². The van der Waals surface area contributed by atoms with Gasteiger partial charge in [0.05, 0.1) is 17.7 Å². The molecule has 29 heavy (non-hydrogen) atoms. The van der Waals surface area contributed by atoms with E-state index in [-0.39, 0.29) is 18.0 Å². The molecular weight excluding hydrogens is 390 g/mol. The summed E-state index contributed by atoms with van der Waals surface area (Å²) < 4.78 is 32.6. The number of hydrogen-bond donors (Lipinski definition) is 1. The Morgan fingerprint density at radius 2 is 1.76 bits per heavy atom. The predicted octanol–water partition coefficient (Wildman–Crippen LogP) is 2.60. The van der Waals surface area contributed by atoms with E-state index < -0.39 is 15.9 Å². The fraction of sp³-hybridized carbons (Fsp3) is 0.143. The van der Waals surface area contributed by atoms with Gasteiger partial charge in [-0.1, -0.05) is 24.3 Å². The second-order valence-corrected chi connectivity index (χ2v) is 8.02. The van der Waals surface area contributed by atoms with Crippen LogP contribution in [-0.2, 0) is 21.4 Å². The molecule has 0 saturated carbocycles. The van der Waals surface area contributed by atoms with Crippen molar-refractivity contribution in [2.45, 2.75) is 11.4 Å². The first kappa shape index (κ1) is 20.3. The molecule has 0 aliphatic rings. The molecule has 3 aromatic rings. The van der Waals surface area contributed by atoms with Gasteiger partial charge >= 0.3 is 0 Å².